The predicted octanol–water partition coefficient (Wildman–Crippen LogP) is 2.12. The second kappa shape index (κ2) is 5.38. The van der Waals surface area contributed by atoms with Crippen molar-refractivity contribution in [1.29, 1.82) is 0 Å². The lowest BCUT2D eigenvalue weighted by atomic mass is 10.0. The number of aldehydes is 1. The van der Waals surface area contributed by atoms with E-state index in [1.807, 2.05) is 37.5 Å². The van der Waals surface area contributed by atoms with E-state index < -0.39 is 0 Å². The summed E-state index contributed by atoms with van der Waals surface area (Å²) in [4.78, 5) is 15.3. The summed E-state index contributed by atoms with van der Waals surface area (Å²) in [7, 11) is 1.92. The highest BCUT2D eigenvalue weighted by Gasteiger charge is 2.10. The Morgan fingerprint density at radius 3 is 2.86 bits per heavy atom. The van der Waals surface area contributed by atoms with Crippen LogP contribution in [0.25, 0.3) is 16.8 Å². The zero-order valence-electron chi connectivity index (χ0n) is 11.7. The maximum Gasteiger partial charge on any atom is 0.170 e. The van der Waals surface area contributed by atoms with E-state index in [2.05, 4.69) is 22.4 Å². The van der Waals surface area contributed by atoms with Gasteiger partial charge in [0.1, 0.15) is 11.3 Å². The fourth-order valence-electron chi connectivity index (χ4n) is 2.50. The zero-order chi connectivity index (χ0) is 14.8. The molecular weight excluding hydrogens is 264 g/mol. The summed E-state index contributed by atoms with van der Waals surface area (Å²) < 4.78 is 1.73. The van der Waals surface area contributed by atoms with Gasteiger partial charge in [0.15, 0.2) is 12.1 Å². The van der Waals surface area contributed by atoms with Gasteiger partial charge in [0, 0.05) is 12.7 Å². The maximum atomic E-state index is 11.2. The first-order valence-corrected chi connectivity index (χ1v) is 6.70. The molecule has 2 heterocycles. The molecule has 1 aromatic carbocycles. The van der Waals surface area contributed by atoms with Crippen molar-refractivity contribution in [3.05, 3.63) is 53.9 Å². The van der Waals surface area contributed by atoms with Crippen molar-refractivity contribution in [2.45, 2.75) is 6.54 Å². The minimum atomic E-state index is 0.255. The van der Waals surface area contributed by atoms with Crippen molar-refractivity contribution >= 4 is 17.8 Å². The van der Waals surface area contributed by atoms with Gasteiger partial charge in [-0.3, -0.25) is 9.20 Å². The predicted molar refractivity (Wildman–Crippen MR) is 83.2 cm³/mol. The average Bonchev–Trinajstić information content (AvgIpc) is 2.82. The van der Waals surface area contributed by atoms with E-state index >= 15 is 0 Å². The molecule has 0 aliphatic carbocycles. The van der Waals surface area contributed by atoms with Gasteiger partial charge in [-0.2, -0.15) is 0 Å². The third kappa shape index (κ3) is 2.28. The van der Waals surface area contributed by atoms with Gasteiger partial charge in [-0.25, -0.2) is 4.98 Å². The Morgan fingerprint density at radius 1 is 1.29 bits per heavy atom. The summed E-state index contributed by atoms with van der Waals surface area (Å²) in [5, 5.41) is 3.16. The maximum absolute atomic E-state index is 11.2. The number of nitrogens with one attached hydrogen (secondary N) is 1. The third-order valence-corrected chi connectivity index (χ3v) is 3.49. The summed E-state index contributed by atoms with van der Waals surface area (Å²) >= 11 is 0. The normalized spacial score (nSPS) is 10.9. The first-order valence-electron chi connectivity index (χ1n) is 6.70. The molecule has 21 heavy (non-hydrogen) atoms. The molecule has 106 valence electrons. The molecule has 3 rings (SSSR count). The Hall–Kier alpha value is -2.66. The number of hydrogen-bond donors (Lipinski definition) is 2. The van der Waals surface area contributed by atoms with Crippen molar-refractivity contribution in [3.63, 3.8) is 0 Å². The van der Waals surface area contributed by atoms with E-state index in [-0.39, 0.29) is 5.82 Å². The number of nitrogens with two attached hydrogens (primary N) is 1. The van der Waals surface area contributed by atoms with E-state index in [1.54, 1.807) is 4.40 Å². The van der Waals surface area contributed by atoms with Gasteiger partial charge in [-0.15, -0.1) is 0 Å². The van der Waals surface area contributed by atoms with Crippen LogP contribution in [0.15, 0.2) is 42.6 Å². The molecule has 3 aromatic rings. The number of anilines is 1. The standard InChI is InChI=1S/C16H16N4O/c1-18-8-11-4-2-3-5-13(11)12-6-7-15-19-16(17)14(10-21)20(15)9-12/h2-7,9-10,18H,8,17H2,1H3. The number of carbonyl (C=O) groups excluding carboxylic acids is 1. The van der Waals surface area contributed by atoms with Gasteiger partial charge in [-0.1, -0.05) is 24.3 Å². The average molecular weight is 280 g/mol. The number of pyridine rings is 1. The number of fused-ring (bicyclic) bond motifs is 1. The molecule has 0 spiro atoms. The molecule has 3 N–H and O–H groups in total. The van der Waals surface area contributed by atoms with Crippen molar-refractivity contribution in [3.8, 4) is 11.1 Å². The van der Waals surface area contributed by atoms with Crippen LogP contribution in [0.2, 0.25) is 0 Å². The van der Waals surface area contributed by atoms with E-state index in [4.69, 9.17) is 5.73 Å². The molecule has 0 saturated carbocycles. The molecule has 0 radical (unpaired) electrons. The molecular formula is C16H16N4O. The van der Waals surface area contributed by atoms with E-state index in [1.165, 1.54) is 5.56 Å². The van der Waals surface area contributed by atoms with Gasteiger partial charge in [0.25, 0.3) is 0 Å². The van der Waals surface area contributed by atoms with Gasteiger partial charge >= 0.3 is 0 Å². The molecule has 2 aromatic heterocycles. The third-order valence-electron chi connectivity index (χ3n) is 3.49. The molecule has 0 bridgehead atoms. The van der Waals surface area contributed by atoms with Gasteiger partial charge < -0.3 is 11.1 Å². The second-order valence-electron chi connectivity index (χ2n) is 4.83. The number of imidazole rings is 1. The molecule has 0 aliphatic rings. The van der Waals surface area contributed by atoms with Crippen LogP contribution in [0.4, 0.5) is 5.82 Å². The first kappa shape index (κ1) is 13.3. The minimum Gasteiger partial charge on any atom is -0.382 e. The topological polar surface area (TPSA) is 72.4 Å². The van der Waals surface area contributed by atoms with Crippen LogP contribution in [-0.2, 0) is 6.54 Å². The smallest absolute Gasteiger partial charge is 0.170 e. The fraction of sp³-hybridized carbons (Fsp3) is 0.125. The van der Waals surface area contributed by atoms with Crippen LogP contribution in [-0.4, -0.2) is 22.7 Å². The SMILES string of the molecule is CNCc1ccccc1-c1ccc2nc(N)c(C=O)n2c1. The highest BCUT2D eigenvalue weighted by Crippen LogP contribution is 2.25. The van der Waals surface area contributed by atoms with Gasteiger partial charge in [-0.05, 0) is 35.9 Å². The number of carbonyl (C=O) groups is 1. The molecule has 0 unspecified atom stereocenters. The highest BCUT2D eigenvalue weighted by molar-refractivity contribution is 5.82. The Balaban J connectivity index is 2.19. The number of benzene rings is 1. The summed E-state index contributed by atoms with van der Waals surface area (Å²) in [6, 6.07) is 12.0. The van der Waals surface area contributed by atoms with Crippen LogP contribution in [0.5, 0.6) is 0 Å². The number of nitrogen functional groups attached to an aromatic ring is 1. The van der Waals surface area contributed by atoms with Gasteiger partial charge in [0.05, 0.1) is 0 Å². The molecule has 0 aliphatic heterocycles. The summed E-state index contributed by atoms with van der Waals surface area (Å²) in [6.07, 6.45) is 2.63. The van der Waals surface area contributed by atoms with Crippen LogP contribution in [0.3, 0.4) is 0 Å². The molecule has 5 nitrogen and oxygen atoms in total. The van der Waals surface area contributed by atoms with Crippen LogP contribution in [0, 0.1) is 0 Å². The van der Waals surface area contributed by atoms with Crippen molar-refractivity contribution in [2.75, 3.05) is 12.8 Å². The Morgan fingerprint density at radius 2 is 2.10 bits per heavy atom. The number of aromatic nitrogens is 2. The van der Waals surface area contributed by atoms with E-state index in [0.717, 1.165) is 24.0 Å². The van der Waals surface area contributed by atoms with E-state index in [9.17, 15) is 4.79 Å². The summed E-state index contributed by atoms with van der Waals surface area (Å²) in [5.74, 6) is 0.255. The molecule has 0 saturated heterocycles. The van der Waals surface area contributed by atoms with Crippen molar-refractivity contribution in [2.24, 2.45) is 0 Å². The number of hydrogen-bond acceptors (Lipinski definition) is 4. The Bertz CT molecular complexity index is 807. The lowest BCUT2D eigenvalue weighted by Gasteiger charge is -2.10. The highest BCUT2D eigenvalue weighted by atomic mass is 16.1. The quantitative estimate of drug-likeness (QED) is 0.718. The molecule has 0 fully saturated rings. The van der Waals surface area contributed by atoms with E-state index in [0.29, 0.717) is 11.3 Å². The first-order chi connectivity index (χ1) is 10.2. The van der Waals surface area contributed by atoms with Crippen LogP contribution < -0.4 is 11.1 Å². The lowest BCUT2D eigenvalue weighted by molar-refractivity contribution is 0.111. The van der Waals surface area contributed by atoms with Crippen LogP contribution in [0.1, 0.15) is 16.1 Å². The monoisotopic (exact) mass is 280 g/mol. The van der Waals surface area contributed by atoms with Gasteiger partial charge in [0.2, 0.25) is 0 Å². The number of rotatable bonds is 4. The molecule has 0 atom stereocenters. The molecule has 0 amide bonds. The Labute approximate surface area is 122 Å². The lowest BCUT2D eigenvalue weighted by Crippen LogP contribution is -2.06. The van der Waals surface area contributed by atoms with Crippen molar-refractivity contribution < 1.29 is 4.79 Å². The summed E-state index contributed by atoms with van der Waals surface area (Å²) in [5.41, 5.74) is 10.2. The minimum absolute atomic E-state index is 0.255. The van der Waals surface area contributed by atoms with Crippen LogP contribution >= 0.6 is 0 Å². The Kier molecular flexibility index (Phi) is 3.41. The second-order valence-corrected chi connectivity index (χ2v) is 4.83. The zero-order valence-corrected chi connectivity index (χ0v) is 11.7. The number of nitrogens with zero attached hydrogens (tertiary/aromatic N) is 2. The van der Waals surface area contributed by atoms with Crippen molar-refractivity contribution in [1.82, 2.24) is 14.7 Å². The fourth-order valence-corrected chi connectivity index (χ4v) is 2.50. The largest absolute Gasteiger partial charge is 0.382 e. The summed E-state index contributed by atoms with van der Waals surface area (Å²) in [6.45, 7) is 0.779. The molecule has 5 heteroatoms.